The Morgan fingerprint density at radius 1 is 0.885 bits per heavy atom. The zero-order valence-corrected chi connectivity index (χ0v) is 16.4. The van der Waals surface area contributed by atoms with Gasteiger partial charge in [-0.25, -0.2) is 8.42 Å². The van der Waals surface area contributed by atoms with Gasteiger partial charge in [-0.15, -0.1) is 0 Å². The normalized spacial score (nSPS) is 15.4. The Balaban J connectivity index is 1.63. The summed E-state index contributed by atoms with van der Waals surface area (Å²) in [5.41, 5.74) is 2.82. The molecule has 0 aliphatic carbocycles. The number of rotatable bonds is 4. The molecule has 138 valence electrons. The predicted octanol–water partition coefficient (Wildman–Crippen LogP) is 3.98. The van der Waals surface area contributed by atoms with Gasteiger partial charge in [0.15, 0.2) is 5.11 Å². The first kappa shape index (κ1) is 18.8. The zero-order valence-electron chi connectivity index (χ0n) is 14.7. The van der Waals surface area contributed by atoms with Crippen molar-refractivity contribution in [3.63, 3.8) is 0 Å². The van der Waals surface area contributed by atoms with Gasteiger partial charge in [0.2, 0.25) is 10.0 Å². The molecule has 1 saturated heterocycles. The Morgan fingerprint density at radius 2 is 1.38 bits per heavy atom. The number of benzene rings is 2. The monoisotopic (exact) mass is 389 g/mol. The van der Waals surface area contributed by atoms with E-state index in [1.54, 1.807) is 28.6 Å². The van der Waals surface area contributed by atoms with E-state index in [1.165, 1.54) is 5.56 Å². The lowest BCUT2D eigenvalue weighted by atomic mass is 10.2. The lowest BCUT2D eigenvalue weighted by molar-refractivity contribution is 0.346. The second-order valence-electron chi connectivity index (χ2n) is 6.43. The summed E-state index contributed by atoms with van der Waals surface area (Å²) in [6.45, 7) is 3.24. The Hall–Kier alpha value is -1.96. The fourth-order valence-corrected chi connectivity index (χ4v) is 4.65. The van der Waals surface area contributed by atoms with Crippen molar-refractivity contribution in [2.24, 2.45) is 0 Å². The number of nitrogens with zero attached hydrogens (tertiary/aromatic N) is 1. The average molecular weight is 390 g/mol. The Labute approximate surface area is 160 Å². The molecular weight excluding hydrogens is 366 g/mol. The number of thiocarbonyl (C=S) groups is 1. The molecule has 0 amide bonds. The first-order valence-corrected chi connectivity index (χ1v) is 10.5. The molecule has 7 heteroatoms. The summed E-state index contributed by atoms with van der Waals surface area (Å²) in [5.74, 6) is 0. The molecule has 0 bridgehead atoms. The number of hydrogen-bond donors (Lipinski definition) is 2. The minimum atomic E-state index is -3.40. The Kier molecular flexibility index (Phi) is 5.90. The maximum atomic E-state index is 12.7. The van der Waals surface area contributed by atoms with E-state index in [0.717, 1.165) is 30.6 Å². The van der Waals surface area contributed by atoms with Gasteiger partial charge in [-0.1, -0.05) is 24.1 Å². The first-order valence-electron chi connectivity index (χ1n) is 8.70. The number of hydrogen-bond acceptors (Lipinski definition) is 3. The summed E-state index contributed by atoms with van der Waals surface area (Å²) < 4.78 is 26.9. The molecular formula is C19H23N3O2S2. The van der Waals surface area contributed by atoms with Crippen LogP contribution in [-0.4, -0.2) is 30.9 Å². The smallest absolute Gasteiger partial charge is 0.243 e. The van der Waals surface area contributed by atoms with Gasteiger partial charge >= 0.3 is 0 Å². The molecule has 1 heterocycles. The second kappa shape index (κ2) is 8.16. The van der Waals surface area contributed by atoms with Crippen molar-refractivity contribution in [1.29, 1.82) is 0 Å². The highest BCUT2D eigenvalue weighted by molar-refractivity contribution is 7.89. The van der Waals surface area contributed by atoms with E-state index in [0.29, 0.717) is 23.1 Å². The van der Waals surface area contributed by atoms with Gasteiger partial charge in [-0.05, 0) is 68.4 Å². The molecule has 1 fully saturated rings. The third-order valence-electron chi connectivity index (χ3n) is 4.37. The fourth-order valence-electron chi connectivity index (χ4n) is 2.89. The summed E-state index contributed by atoms with van der Waals surface area (Å²) in [6, 6.07) is 14.6. The van der Waals surface area contributed by atoms with Crippen molar-refractivity contribution >= 4 is 38.7 Å². The van der Waals surface area contributed by atoms with Crippen LogP contribution in [0.2, 0.25) is 0 Å². The molecule has 0 radical (unpaired) electrons. The largest absolute Gasteiger partial charge is 0.332 e. The lowest BCUT2D eigenvalue weighted by Gasteiger charge is -2.25. The summed E-state index contributed by atoms with van der Waals surface area (Å²) >= 11 is 5.31. The van der Waals surface area contributed by atoms with E-state index in [1.807, 2.05) is 31.2 Å². The van der Waals surface area contributed by atoms with Crippen LogP contribution in [0.5, 0.6) is 0 Å². The van der Waals surface area contributed by atoms with Gasteiger partial charge in [-0.2, -0.15) is 4.31 Å². The molecule has 1 aliphatic heterocycles. The maximum Gasteiger partial charge on any atom is 0.243 e. The van der Waals surface area contributed by atoms with E-state index >= 15 is 0 Å². The minimum absolute atomic E-state index is 0.322. The van der Waals surface area contributed by atoms with Crippen LogP contribution in [0.15, 0.2) is 53.4 Å². The highest BCUT2D eigenvalue weighted by Gasteiger charge is 2.25. The molecule has 0 aromatic heterocycles. The van der Waals surface area contributed by atoms with Gasteiger partial charge in [0.1, 0.15) is 0 Å². The molecule has 26 heavy (non-hydrogen) atoms. The Bertz CT molecular complexity index is 857. The van der Waals surface area contributed by atoms with E-state index in [4.69, 9.17) is 12.2 Å². The van der Waals surface area contributed by atoms with Crippen LogP contribution in [0.1, 0.15) is 24.8 Å². The molecule has 0 unspecified atom stereocenters. The van der Waals surface area contributed by atoms with Crippen LogP contribution in [0.3, 0.4) is 0 Å². The quantitative estimate of drug-likeness (QED) is 0.775. The third kappa shape index (κ3) is 4.60. The SMILES string of the molecule is Cc1ccc(NC(=S)Nc2ccc(S(=O)(=O)N3CCCCC3)cc2)cc1. The van der Waals surface area contributed by atoms with Gasteiger partial charge in [-0.3, -0.25) is 0 Å². The number of piperidine rings is 1. The minimum Gasteiger partial charge on any atom is -0.332 e. The number of anilines is 2. The molecule has 2 N–H and O–H groups in total. The molecule has 2 aromatic rings. The molecule has 5 nitrogen and oxygen atoms in total. The van der Waals surface area contributed by atoms with Crippen molar-refractivity contribution in [2.75, 3.05) is 23.7 Å². The standard InChI is InChI=1S/C19H23N3O2S2/c1-15-5-7-16(8-6-15)20-19(25)21-17-9-11-18(12-10-17)26(23,24)22-13-3-2-4-14-22/h5-12H,2-4,13-14H2,1H3,(H2,20,21,25). The molecule has 0 atom stereocenters. The molecule has 0 saturated carbocycles. The molecule has 1 aliphatic rings. The highest BCUT2D eigenvalue weighted by atomic mass is 32.2. The van der Waals surface area contributed by atoms with Crippen LogP contribution in [0.4, 0.5) is 11.4 Å². The fraction of sp³-hybridized carbons (Fsp3) is 0.316. The van der Waals surface area contributed by atoms with Crippen molar-refractivity contribution in [1.82, 2.24) is 4.31 Å². The van der Waals surface area contributed by atoms with Crippen LogP contribution in [0.25, 0.3) is 0 Å². The molecule has 3 rings (SSSR count). The molecule has 2 aromatic carbocycles. The maximum absolute atomic E-state index is 12.7. The lowest BCUT2D eigenvalue weighted by Crippen LogP contribution is -2.35. The van der Waals surface area contributed by atoms with Crippen molar-refractivity contribution in [3.8, 4) is 0 Å². The van der Waals surface area contributed by atoms with E-state index in [2.05, 4.69) is 10.6 Å². The topological polar surface area (TPSA) is 61.4 Å². The van der Waals surface area contributed by atoms with Gasteiger partial charge < -0.3 is 10.6 Å². The van der Waals surface area contributed by atoms with Gasteiger partial charge in [0, 0.05) is 24.5 Å². The van der Waals surface area contributed by atoms with Crippen LogP contribution in [-0.2, 0) is 10.0 Å². The van der Waals surface area contributed by atoms with Crippen LogP contribution >= 0.6 is 12.2 Å². The summed E-state index contributed by atoms with van der Waals surface area (Å²) in [4.78, 5) is 0.322. The van der Waals surface area contributed by atoms with E-state index in [9.17, 15) is 8.42 Å². The Morgan fingerprint density at radius 3 is 1.92 bits per heavy atom. The third-order valence-corrected chi connectivity index (χ3v) is 6.49. The van der Waals surface area contributed by atoms with Crippen molar-refractivity contribution in [2.45, 2.75) is 31.1 Å². The van der Waals surface area contributed by atoms with E-state index < -0.39 is 10.0 Å². The highest BCUT2D eigenvalue weighted by Crippen LogP contribution is 2.22. The van der Waals surface area contributed by atoms with Crippen molar-refractivity contribution in [3.05, 3.63) is 54.1 Å². The summed E-state index contributed by atoms with van der Waals surface area (Å²) in [6.07, 6.45) is 2.95. The van der Waals surface area contributed by atoms with Gasteiger partial charge in [0.05, 0.1) is 4.90 Å². The van der Waals surface area contributed by atoms with Gasteiger partial charge in [0.25, 0.3) is 0 Å². The van der Waals surface area contributed by atoms with Crippen LogP contribution in [0, 0.1) is 6.92 Å². The summed E-state index contributed by atoms with van der Waals surface area (Å²) in [7, 11) is -3.40. The van der Waals surface area contributed by atoms with E-state index in [-0.39, 0.29) is 0 Å². The number of aryl methyl sites for hydroxylation is 1. The first-order chi connectivity index (χ1) is 12.4. The predicted molar refractivity (Wildman–Crippen MR) is 110 cm³/mol. The van der Waals surface area contributed by atoms with Crippen molar-refractivity contribution < 1.29 is 8.42 Å². The number of nitrogens with one attached hydrogen (secondary N) is 2. The molecule has 0 spiro atoms. The average Bonchev–Trinajstić information content (AvgIpc) is 2.65. The zero-order chi connectivity index (χ0) is 18.6. The van der Waals surface area contributed by atoms with Crippen LogP contribution < -0.4 is 10.6 Å². The summed E-state index contributed by atoms with van der Waals surface area (Å²) in [5, 5.41) is 6.64. The number of sulfonamides is 1. The second-order valence-corrected chi connectivity index (χ2v) is 8.78.